The van der Waals surface area contributed by atoms with E-state index in [1.807, 2.05) is 39.0 Å². The standard InChI is InChI=1S/C15H21BrN2O2/c1-10(2)18(12(4)19)8-7-15(20)17-13-5-6-14(16)11(3)9-13/h5-6,9-10H,7-8H2,1-4H3,(H,17,20). The van der Waals surface area contributed by atoms with Gasteiger partial charge < -0.3 is 10.2 Å². The first-order valence-corrected chi connectivity index (χ1v) is 7.43. The zero-order valence-electron chi connectivity index (χ0n) is 12.4. The van der Waals surface area contributed by atoms with E-state index in [-0.39, 0.29) is 17.9 Å². The second-order valence-electron chi connectivity index (χ2n) is 5.07. The molecule has 1 aromatic rings. The number of hydrogen-bond acceptors (Lipinski definition) is 2. The van der Waals surface area contributed by atoms with E-state index in [9.17, 15) is 9.59 Å². The molecule has 0 heterocycles. The quantitative estimate of drug-likeness (QED) is 0.893. The Balaban J connectivity index is 2.55. The highest BCUT2D eigenvalue weighted by Gasteiger charge is 2.14. The van der Waals surface area contributed by atoms with Crippen LogP contribution in [0.15, 0.2) is 22.7 Å². The Kier molecular flexibility index (Phi) is 6.20. The van der Waals surface area contributed by atoms with E-state index in [0.717, 1.165) is 15.7 Å². The van der Waals surface area contributed by atoms with Crippen molar-refractivity contribution in [2.45, 2.75) is 40.2 Å². The van der Waals surface area contributed by atoms with Crippen molar-refractivity contribution in [3.05, 3.63) is 28.2 Å². The minimum Gasteiger partial charge on any atom is -0.340 e. The predicted octanol–water partition coefficient (Wildman–Crippen LogP) is 3.34. The van der Waals surface area contributed by atoms with Gasteiger partial charge in [-0.3, -0.25) is 9.59 Å². The van der Waals surface area contributed by atoms with Crippen molar-refractivity contribution in [3.8, 4) is 0 Å². The molecule has 0 spiro atoms. The second-order valence-corrected chi connectivity index (χ2v) is 5.92. The molecule has 0 fully saturated rings. The number of nitrogens with one attached hydrogen (secondary N) is 1. The summed E-state index contributed by atoms with van der Waals surface area (Å²) in [4.78, 5) is 25.0. The zero-order chi connectivity index (χ0) is 15.3. The summed E-state index contributed by atoms with van der Waals surface area (Å²) in [5, 5.41) is 2.85. The third-order valence-corrected chi connectivity index (χ3v) is 3.94. The lowest BCUT2D eigenvalue weighted by atomic mass is 10.2. The lowest BCUT2D eigenvalue weighted by Gasteiger charge is -2.24. The van der Waals surface area contributed by atoms with Crippen LogP contribution in [0.4, 0.5) is 5.69 Å². The summed E-state index contributed by atoms with van der Waals surface area (Å²) in [6.07, 6.45) is 0.298. The van der Waals surface area contributed by atoms with Crippen LogP contribution in [0, 0.1) is 6.92 Å². The number of hydrogen-bond donors (Lipinski definition) is 1. The third-order valence-electron chi connectivity index (χ3n) is 3.05. The van der Waals surface area contributed by atoms with Crippen molar-refractivity contribution in [2.75, 3.05) is 11.9 Å². The van der Waals surface area contributed by atoms with Crippen LogP contribution in [-0.4, -0.2) is 29.3 Å². The van der Waals surface area contributed by atoms with Crippen LogP contribution in [0.3, 0.4) is 0 Å². The molecule has 0 saturated carbocycles. The SMILES string of the molecule is CC(=O)N(CCC(=O)Nc1ccc(Br)c(C)c1)C(C)C. The molecule has 1 aromatic carbocycles. The molecule has 4 nitrogen and oxygen atoms in total. The Morgan fingerprint density at radius 2 is 2.00 bits per heavy atom. The van der Waals surface area contributed by atoms with Gasteiger partial charge in [0.25, 0.3) is 0 Å². The number of nitrogens with zero attached hydrogens (tertiary/aromatic N) is 1. The smallest absolute Gasteiger partial charge is 0.226 e. The Morgan fingerprint density at radius 1 is 1.35 bits per heavy atom. The topological polar surface area (TPSA) is 49.4 Å². The molecule has 2 amide bonds. The number of aryl methyl sites for hydroxylation is 1. The molecule has 1 N–H and O–H groups in total. The van der Waals surface area contributed by atoms with Crippen LogP contribution in [0.5, 0.6) is 0 Å². The maximum Gasteiger partial charge on any atom is 0.226 e. The van der Waals surface area contributed by atoms with Crippen LogP contribution in [0.25, 0.3) is 0 Å². The van der Waals surface area contributed by atoms with Crippen LogP contribution >= 0.6 is 15.9 Å². The lowest BCUT2D eigenvalue weighted by molar-refractivity contribution is -0.130. The molecule has 0 aliphatic carbocycles. The highest BCUT2D eigenvalue weighted by molar-refractivity contribution is 9.10. The van der Waals surface area contributed by atoms with Gasteiger partial charge in [-0.25, -0.2) is 0 Å². The minimum absolute atomic E-state index is 0.00714. The molecule has 0 atom stereocenters. The molecule has 5 heteroatoms. The second kappa shape index (κ2) is 7.43. The van der Waals surface area contributed by atoms with Crippen molar-refractivity contribution in [1.29, 1.82) is 0 Å². The molecule has 20 heavy (non-hydrogen) atoms. The van der Waals surface area contributed by atoms with Crippen LogP contribution in [0.1, 0.15) is 32.8 Å². The monoisotopic (exact) mass is 340 g/mol. The highest BCUT2D eigenvalue weighted by atomic mass is 79.9. The molecule has 0 bridgehead atoms. The predicted molar refractivity (Wildman–Crippen MR) is 84.6 cm³/mol. The number of rotatable bonds is 5. The molecule has 110 valence electrons. The molecule has 0 aliphatic rings. The van der Waals surface area contributed by atoms with Gasteiger partial charge in [0.1, 0.15) is 0 Å². The van der Waals surface area contributed by atoms with E-state index < -0.39 is 0 Å². The summed E-state index contributed by atoms with van der Waals surface area (Å²) in [7, 11) is 0. The highest BCUT2D eigenvalue weighted by Crippen LogP contribution is 2.20. The summed E-state index contributed by atoms with van der Waals surface area (Å²) in [5.74, 6) is -0.0918. The van der Waals surface area contributed by atoms with E-state index in [0.29, 0.717) is 13.0 Å². The number of halogens is 1. The summed E-state index contributed by atoms with van der Waals surface area (Å²) in [6.45, 7) is 7.81. The van der Waals surface area contributed by atoms with Crippen LogP contribution in [-0.2, 0) is 9.59 Å². The average Bonchev–Trinajstić information content (AvgIpc) is 2.33. The van der Waals surface area contributed by atoms with Gasteiger partial charge in [0, 0.05) is 36.1 Å². The molecular formula is C15H21BrN2O2. The van der Waals surface area contributed by atoms with Gasteiger partial charge >= 0.3 is 0 Å². The van der Waals surface area contributed by atoms with Crippen molar-refractivity contribution >= 4 is 33.4 Å². The number of benzene rings is 1. The molecular weight excluding hydrogens is 320 g/mol. The fourth-order valence-electron chi connectivity index (χ4n) is 1.95. The van der Waals surface area contributed by atoms with Gasteiger partial charge in [0.05, 0.1) is 0 Å². The minimum atomic E-state index is -0.0846. The van der Waals surface area contributed by atoms with Gasteiger partial charge in [-0.15, -0.1) is 0 Å². The molecule has 0 radical (unpaired) electrons. The van der Waals surface area contributed by atoms with Crippen molar-refractivity contribution in [1.82, 2.24) is 4.90 Å². The van der Waals surface area contributed by atoms with Gasteiger partial charge in [-0.2, -0.15) is 0 Å². The number of anilines is 1. The first-order valence-electron chi connectivity index (χ1n) is 6.64. The summed E-state index contributed by atoms with van der Waals surface area (Å²) in [6, 6.07) is 5.77. The third kappa shape index (κ3) is 4.96. The van der Waals surface area contributed by atoms with Crippen molar-refractivity contribution in [2.24, 2.45) is 0 Å². The number of carbonyl (C=O) groups is 2. The van der Waals surface area contributed by atoms with Crippen molar-refractivity contribution in [3.63, 3.8) is 0 Å². The Hall–Kier alpha value is -1.36. The normalized spacial score (nSPS) is 10.5. The summed E-state index contributed by atoms with van der Waals surface area (Å²) >= 11 is 3.42. The van der Waals surface area contributed by atoms with E-state index in [4.69, 9.17) is 0 Å². The maximum atomic E-state index is 11.9. The Labute approximate surface area is 128 Å². The summed E-state index contributed by atoms with van der Waals surface area (Å²) < 4.78 is 1.01. The van der Waals surface area contributed by atoms with Crippen LogP contribution in [0.2, 0.25) is 0 Å². The fraction of sp³-hybridized carbons (Fsp3) is 0.467. The Bertz CT molecular complexity index is 501. The van der Waals surface area contributed by atoms with E-state index >= 15 is 0 Å². The van der Waals surface area contributed by atoms with E-state index in [1.54, 1.807) is 4.90 Å². The van der Waals surface area contributed by atoms with Gasteiger partial charge in [-0.1, -0.05) is 15.9 Å². The average molecular weight is 341 g/mol. The molecule has 0 aliphatic heterocycles. The zero-order valence-corrected chi connectivity index (χ0v) is 14.0. The molecule has 0 unspecified atom stereocenters. The fourth-order valence-corrected chi connectivity index (χ4v) is 2.19. The van der Waals surface area contributed by atoms with Gasteiger partial charge in [0.2, 0.25) is 11.8 Å². The van der Waals surface area contributed by atoms with Crippen molar-refractivity contribution < 1.29 is 9.59 Å². The molecule has 0 aromatic heterocycles. The first kappa shape index (κ1) is 16.7. The molecule has 0 saturated heterocycles. The largest absolute Gasteiger partial charge is 0.340 e. The van der Waals surface area contributed by atoms with Gasteiger partial charge in [-0.05, 0) is 44.5 Å². The number of amides is 2. The molecule has 1 rings (SSSR count). The number of carbonyl (C=O) groups excluding carboxylic acids is 2. The first-order chi connectivity index (χ1) is 9.31. The lowest BCUT2D eigenvalue weighted by Crippen LogP contribution is -2.37. The van der Waals surface area contributed by atoms with E-state index in [1.165, 1.54) is 6.92 Å². The van der Waals surface area contributed by atoms with Crippen LogP contribution < -0.4 is 5.32 Å². The maximum absolute atomic E-state index is 11.9. The van der Waals surface area contributed by atoms with E-state index in [2.05, 4.69) is 21.2 Å². The van der Waals surface area contributed by atoms with Gasteiger partial charge in [0.15, 0.2) is 0 Å². The Morgan fingerprint density at radius 3 is 2.50 bits per heavy atom. The summed E-state index contributed by atoms with van der Waals surface area (Å²) in [5.41, 5.74) is 1.84.